The molecule has 1 N–H and O–H groups in total. The first-order valence-corrected chi connectivity index (χ1v) is 11.1. The Morgan fingerprint density at radius 2 is 1.87 bits per heavy atom. The van der Waals surface area contributed by atoms with Gasteiger partial charge in [-0.25, -0.2) is 17.9 Å². The molecule has 0 heterocycles. The predicted octanol–water partition coefficient (Wildman–Crippen LogP) is 4.40. The molecule has 0 saturated heterocycles. The van der Waals surface area contributed by atoms with Crippen molar-refractivity contribution in [1.29, 1.82) is 0 Å². The molecular formula is C19H17Cl2F2NO6S. The number of alkyl halides is 2. The second-order valence-corrected chi connectivity index (χ2v) is 9.09. The number of sulfonamides is 1. The van der Waals surface area contributed by atoms with Crippen molar-refractivity contribution in [2.45, 2.75) is 37.0 Å². The molecule has 31 heavy (non-hydrogen) atoms. The van der Waals surface area contributed by atoms with E-state index in [-0.39, 0.29) is 44.7 Å². The molecule has 0 radical (unpaired) electrons. The van der Waals surface area contributed by atoms with E-state index >= 15 is 0 Å². The average Bonchev–Trinajstić information content (AvgIpc) is 3.49. The van der Waals surface area contributed by atoms with Crippen LogP contribution in [-0.4, -0.2) is 34.2 Å². The Morgan fingerprint density at radius 3 is 2.48 bits per heavy atom. The molecule has 1 saturated carbocycles. The highest BCUT2D eigenvalue weighted by atomic mass is 35.5. The molecule has 3 rings (SSSR count). The van der Waals surface area contributed by atoms with Gasteiger partial charge in [0.15, 0.2) is 11.5 Å². The maximum atomic E-state index is 12.5. The van der Waals surface area contributed by atoms with Crippen LogP contribution >= 0.6 is 23.2 Å². The topological polar surface area (TPSA) is 90.9 Å². The summed E-state index contributed by atoms with van der Waals surface area (Å²) >= 11 is 12.1. The molecule has 168 valence electrons. The Hall–Kier alpha value is -2.14. The van der Waals surface area contributed by atoms with Gasteiger partial charge in [-0.15, -0.1) is 0 Å². The molecule has 0 unspecified atom stereocenters. The molecule has 0 atom stereocenters. The SMILES string of the molecule is COc1cc(COC(=O)c2cc(S(=O)(=O)NC3CC3)c(Cl)cc2Cl)ccc1OC(F)F. The molecule has 0 aliphatic heterocycles. The minimum atomic E-state index is -3.93. The minimum Gasteiger partial charge on any atom is -0.493 e. The summed E-state index contributed by atoms with van der Waals surface area (Å²) in [4.78, 5) is 12.2. The highest BCUT2D eigenvalue weighted by molar-refractivity contribution is 7.89. The van der Waals surface area contributed by atoms with Gasteiger partial charge in [0.1, 0.15) is 11.5 Å². The standard InChI is InChI=1S/C19H17Cl2F2NO6S/c1-28-16-6-10(2-5-15(16)30-19(22)23)9-29-18(25)12-7-17(14(21)8-13(12)20)31(26,27)24-11-3-4-11/h2,5-8,11,19,24H,3-4,9H2,1H3. The zero-order chi connectivity index (χ0) is 22.8. The molecular weight excluding hydrogens is 479 g/mol. The number of carbonyl (C=O) groups is 1. The minimum absolute atomic E-state index is 0.0258. The third kappa shape index (κ3) is 5.97. The lowest BCUT2D eigenvalue weighted by molar-refractivity contribution is -0.0512. The Labute approximate surface area is 187 Å². The van der Waals surface area contributed by atoms with Crippen molar-refractivity contribution in [2.24, 2.45) is 0 Å². The van der Waals surface area contributed by atoms with Crippen LogP contribution in [0.2, 0.25) is 10.0 Å². The summed E-state index contributed by atoms with van der Waals surface area (Å²) in [6, 6.07) is 6.08. The van der Waals surface area contributed by atoms with Gasteiger partial charge in [0, 0.05) is 6.04 Å². The molecule has 0 bridgehead atoms. The summed E-state index contributed by atoms with van der Waals surface area (Å²) in [5.74, 6) is -1.04. The molecule has 0 spiro atoms. The third-order valence-electron chi connectivity index (χ3n) is 4.24. The molecule has 1 aliphatic carbocycles. The summed E-state index contributed by atoms with van der Waals surface area (Å²) in [6.07, 6.45) is 1.45. The fourth-order valence-electron chi connectivity index (χ4n) is 2.60. The van der Waals surface area contributed by atoms with E-state index in [9.17, 15) is 22.0 Å². The number of hydrogen-bond acceptors (Lipinski definition) is 6. The number of halogens is 4. The number of methoxy groups -OCH3 is 1. The van der Waals surface area contributed by atoms with E-state index in [0.29, 0.717) is 5.56 Å². The number of esters is 1. The molecule has 1 fully saturated rings. The third-order valence-corrected chi connectivity index (χ3v) is 6.54. The lowest BCUT2D eigenvalue weighted by Gasteiger charge is -2.13. The Balaban J connectivity index is 1.77. The van der Waals surface area contributed by atoms with Gasteiger partial charge in [0.2, 0.25) is 10.0 Å². The van der Waals surface area contributed by atoms with Gasteiger partial charge in [0.25, 0.3) is 0 Å². The van der Waals surface area contributed by atoms with Crippen LogP contribution in [0.4, 0.5) is 8.78 Å². The van der Waals surface area contributed by atoms with Crippen molar-refractivity contribution >= 4 is 39.2 Å². The van der Waals surface area contributed by atoms with E-state index in [2.05, 4.69) is 9.46 Å². The van der Waals surface area contributed by atoms with Gasteiger partial charge >= 0.3 is 12.6 Å². The van der Waals surface area contributed by atoms with Gasteiger partial charge < -0.3 is 14.2 Å². The Bertz CT molecular complexity index is 1090. The zero-order valence-electron chi connectivity index (χ0n) is 16.0. The van der Waals surface area contributed by atoms with E-state index in [1.807, 2.05) is 0 Å². The summed E-state index contributed by atoms with van der Waals surface area (Å²) in [6.45, 7) is -3.28. The van der Waals surface area contributed by atoms with Crippen molar-refractivity contribution in [2.75, 3.05) is 7.11 Å². The molecule has 2 aromatic rings. The van der Waals surface area contributed by atoms with E-state index < -0.39 is 22.6 Å². The maximum Gasteiger partial charge on any atom is 0.387 e. The maximum absolute atomic E-state index is 12.5. The van der Waals surface area contributed by atoms with Gasteiger partial charge in [-0.2, -0.15) is 8.78 Å². The van der Waals surface area contributed by atoms with E-state index in [4.69, 9.17) is 32.7 Å². The molecule has 1 aliphatic rings. The molecule has 12 heteroatoms. The number of rotatable bonds is 9. The van der Waals surface area contributed by atoms with Crippen LogP contribution in [0, 0.1) is 0 Å². The van der Waals surface area contributed by atoms with Crippen molar-refractivity contribution < 1.29 is 36.2 Å². The summed E-state index contributed by atoms with van der Waals surface area (Å²) in [5.41, 5.74) is 0.229. The van der Waals surface area contributed by atoms with E-state index in [0.717, 1.165) is 25.0 Å². The van der Waals surface area contributed by atoms with Gasteiger partial charge in [-0.05, 0) is 42.7 Å². The van der Waals surface area contributed by atoms with Gasteiger partial charge in [0.05, 0.1) is 22.7 Å². The quantitative estimate of drug-likeness (QED) is 0.518. The van der Waals surface area contributed by atoms with E-state index in [1.54, 1.807) is 0 Å². The highest BCUT2D eigenvalue weighted by Crippen LogP contribution is 2.32. The van der Waals surface area contributed by atoms with Gasteiger partial charge in [-0.3, -0.25) is 0 Å². The molecule has 0 amide bonds. The fraction of sp³-hybridized carbons (Fsp3) is 0.316. The lowest BCUT2D eigenvalue weighted by atomic mass is 10.2. The Kier molecular flexibility index (Phi) is 7.25. The average molecular weight is 496 g/mol. The predicted molar refractivity (Wildman–Crippen MR) is 109 cm³/mol. The molecule has 0 aromatic heterocycles. The van der Waals surface area contributed by atoms with Crippen molar-refractivity contribution in [3.05, 3.63) is 51.5 Å². The van der Waals surface area contributed by atoms with Crippen LogP contribution in [0.15, 0.2) is 35.2 Å². The first kappa shape index (κ1) is 23.5. The van der Waals surface area contributed by atoms with Gasteiger partial charge in [-0.1, -0.05) is 29.3 Å². The van der Waals surface area contributed by atoms with Crippen LogP contribution in [-0.2, 0) is 21.4 Å². The normalized spacial score (nSPS) is 13.9. The smallest absolute Gasteiger partial charge is 0.387 e. The largest absolute Gasteiger partial charge is 0.493 e. The zero-order valence-corrected chi connectivity index (χ0v) is 18.4. The first-order valence-electron chi connectivity index (χ1n) is 8.91. The van der Waals surface area contributed by atoms with Crippen LogP contribution in [0.1, 0.15) is 28.8 Å². The number of ether oxygens (including phenoxy) is 3. The van der Waals surface area contributed by atoms with Crippen LogP contribution in [0.25, 0.3) is 0 Å². The second kappa shape index (κ2) is 9.56. The lowest BCUT2D eigenvalue weighted by Crippen LogP contribution is -2.26. The fourth-order valence-corrected chi connectivity index (χ4v) is 4.75. The second-order valence-electron chi connectivity index (χ2n) is 6.60. The molecule has 7 nitrogen and oxygen atoms in total. The van der Waals surface area contributed by atoms with E-state index in [1.165, 1.54) is 25.3 Å². The first-order chi connectivity index (χ1) is 14.6. The Morgan fingerprint density at radius 1 is 1.16 bits per heavy atom. The van der Waals surface area contributed by atoms with Crippen LogP contribution < -0.4 is 14.2 Å². The number of benzene rings is 2. The molecule has 2 aromatic carbocycles. The number of hydrogen-bond donors (Lipinski definition) is 1. The number of carbonyl (C=O) groups excluding carboxylic acids is 1. The van der Waals surface area contributed by atoms with Crippen LogP contribution in [0.3, 0.4) is 0 Å². The number of nitrogens with one attached hydrogen (secondary N) is 1. The van der Waals surface area contributed by atoms with Crippen molar-refractivity contribution in [3.63, 3.8) is 0 Å². The summed E-state index contributed by atoms with van der Waals surface area (Å²) in [7, 11) is -2.66. The summed E-state index contributed by atoms with van der Waals surface area (Å²) in [5, 5.41) is -0.215. The highest BCUT2D eigenvalue weighted by Gasteiger charge is 2.30. The monoisotopic (exact) mass is 495 g/mol. The summed E-state index contributed by atoms with van der Waals surface area (Å²) < 4.78 is 66.8. The van der Waals surface area contributed by atoms with Crippen molar-refractivity contribution in [3.8, 4) is 11.5 Å². The van der Waals surface area contributed by atoms with Crippen LogP contribution in [0.5, 0.6) is 11.5 Å². The van der Waals surface area contributed by atoms with Crippen molar-refractivity contribution in [1.82, 2.24) is 4.72 Å².